The van der Waals surface area contributed by atoms with Crippen LogP contribution in [0.3, 0.4) is 0 Å². The van der Waals surface area contributed by atoms with E-state index >= 15 is 0 Å². The largest absolute Gasteiger partial charge is 0.465 e. The minimum absolute atomic E-state index is 0.114. The maximum absolute atomic E-state index is 12.0. The van der Waals surface area contributed by atoms with Gasteiger partial charge in [-0.3, -0.25) is 19.5 Å². The van der Waals surface area contributed by atoms with Crippen molar-refractivity contribution in [2.75, 3.05) is 26.3 Å². The van der Waals surface area contributed by atoms with E-state index in [4.69, 9.17) is 9.47 Å². The zero-order valence-corrected chi connectivity index (χ0v) is 16.1. The number of esters is 2. The number of pyridine rings is 1. The summed E-state index contributed by atoms with van der Waals surface area (Å²) >= 11 is 0. The molecule has 2 heterocycles. The third-order valence-electron chi connectivity index (χ3n) is 4.54. The molecule has 0 bridgehead atoms. The van der Waals surface area contributed by atoms with Gasteiger partial charge in [0.15, 0.2) is 5.92 Å². The minimum Gasteiger partial charge on any atom is -0.465 e. The molecule has 146 valence electrons. The van der Waals surface area contributed by atoms with E-state index in [0.29, 0.717) is 12.6 Å². The van der Waals surface area contributed by atoms with Crippen LogP contribution in [0.25, 0.3) is 0 Å². The second kappa shape index (κ2) is 11.3. The first-order chi connectivity index (χ1) is 13.2. The topological polar surface area (TPSA) is 68.7 Å². The van der Waals surface area contributed by atoms with Crippen LogP contribution in [0.15, 0.2) is 24.5 Å². The van der Waals surface area contributed by atoms with Gasteiger partial charge in [-0.1, -0.05) is 18.4 Å². The Bertz CT molecular complexity index is 648. The van der Waals surface area contributed by atoms with Crippen LogP contribution < -0.4 is 0 Å². The van der Waals surface area contributed by atoms with Crippen molar-refractivity contribution in [2.24, 2.45) is 5.92 Å². The zero-order chi connectivity index (χ0) is 19.5. The highest BCUT2D eigenvalue weighted by molar-refractivity contribution is 5.95. The Balaban J connectivity index is 1.98. The van der Waals surface area contributed by atoms with E-state index in [1.807, 2.05) is 12.3 Å². The molecular weight excluding hydrogens is 344 g/mol. The van der Waals surface area contributed by atoms with Crippen LogP contribution in [0.4, 0.5) is 0 Å². The summed E-state index contributed by atoms with van der Waals surface area (Å²) in [5.74, 6) is 3.97. The average Bonchev–Trinajstić information content (AvgIpc) is 2.69. The van der Waals surface area contributed by atoms with E-state index in [2.05, 4.69) is 27.8 Å². The van der Waals surface area contributed by atoms with Crippen molar-refractivity contribution < 1.29 is 19.1 Å². The van der Waals surface area contributed by atoms with Gasteiger partial charge < -0.3 is 9.47 Å². The molecule has 1 aromatic heterocycles. The minimum atomic E-state index is -0.979. The number of piperidine rings is 1. The number of carbonyl (C=O) groups excluding carboxylic acids is 2. The molecule has 0 radical (unpaired) electrons. The van der Waals surface area contributed by atoms with Gasteiger partial charge in [0.05, 0.1) is 19.8 Å². The Hall–Kier alpha value is -2.39. The van der Waals surface area contributed by atoms with Crippen molar-refractivity contribution in [1.82, 2.24) is 9.88 Å². The van der Waals surface area contributed by atoms with E-state index in [1.54, 1.807) is 20.0 Å². The number of ether oxygens (including phenoxy) is 2. The summed E-state index contributed by atoms with van der Waals surface area (Å²) in [7, 11) is 0. The van der Waals surface area contributed by atoms with Crippen molar-refractivity contribution in [1.29, 1.82) is 0 Å². The van der Waals surface area contributed by atoms with E-state index in [-0.39, 0.29) is 19.6 Å². The maximum atomic E-state index is 12.0. The molecule has 0 saturated carbocycles. The number of nitrogens with zero attached hydrogens (tertiary/aromatic N) is 2. The van der Waals surface area contributed by atoms with Crippen LogP contribution in [0.1, 0.15) is 51.1 Å². The molecule has 0 aliphatic carbocycles. The lowest BCUT2D eigenvalue weighted by atomic mass is 9.96. The molecule has 0 N–H and O–H groups in total. The van der Waals surface area contributed by atoms with E-state index in [1.165, 1.54) is 12.0 Å². The molecule has 6 heteroatoms. The smallest absolute Gasteiger partial charge is 0.321 e. The van der Waals surface area contributed by atoms with Crippen LogP contribution in [0.5, 0.6) is 0 Å². The Labute approximate surface area is 161 Å². The molecule has 0 unspecified atom stereocenters. The highest BCUT2D eigenvalue weighted by atomic mass is 16.6. The van der Waals surface area contributed by atoms with E-state index in [9.17, 15) is 9.59 Å². The molecule has 0 spiro atoms. The highest BCUT2D eigenvalue weighted by Crippen LogP contribution is 2.29. The van der Waals surface area contributed by atoms with Gasteiger partial charge in [-0.15, -0.1) is 5.92 Å². The maximum Gasteiger partial charge on any atom is 0.321 e. The Morgan fingerprint density at radius 1 is 1.22 bits per heavy atom. The third kappa shape index (κ3) is 6.37. The molecule has 0 amide bonds. The molecule has 1 fully saturated rings. The van der Waals surface area contributed by atoms with Gasteiger partial charge in [0.25, 0.3) is 0 Å². The van der Waals surface area contributed by atoms with Gasteiger partial charge in [-0.25, -0.2) is 0 Å². The first kappa shape index (κ1) is 20.9. The normalized spacial score (nSPS) is 17.1. The van der Waals surface area contributed by atoms with Crippen LogP contribution >= 0.6 is 0 Å². The predicted molar refractivity (Wildman–Crippen MR) is 102 cm³/mol. The zero-order valence-electron chi connectivity index (χ0n) is 16.1. The Morgan fingerprint density at radius 3 is 2.59 bits per heavy atom. The number of likely N-dealkylation sites (tertiary alicyclic amines) is 1. The second-order valence-electron chi connectivity index (χ2n) is 6.38. The molecule has 1 aliphatic heterocycles. The van der Waals surface area contributed by atoms with Crippen LogP contribution in [-0.2, 0) is 19.1 Å². The first-order valence-electron chi connectivity index (χ1n) is 9.60. The molecule has 27 heavy (non-hydrogen) atoms. The number of hydrogen-bond donors (Lipinski definition) is 0. The van der Waals surface area contributed by atoms with Gasteiger partial charge in [-0.05, 0) is 44.9 Å². The number of carbonyl (C=O) groups is 2. The molecule has 1 aromatic rings. The first-order valence-corrected chi connectivity index (χ1v) is 9.60. The fourth-order valence-corrected chi connectivity index (χ4v) is 3.21. The van der Waals surface area contributed by atoms with Crippen LogP contribution in [0, 0.1) is 17.8 Å². The molecule has 1 aliphatic rings. The summed E-state index contributed by atoms with van der Waals surface area (Å²) in [4.78, 5) is 30.5. The summed E-state index contributed by atoms with van der Waals surface area (Å²) in [6.45, 7) is 5.44. The molecule has 2 rings (SSSR count). The van der Waals surface area contributed by atoms with Crippen LogP contribution in [0.2, 0.25) is 0 Å². The SMILES string of the molecule is CCOC(=O)C(CC#CCN1CCCC[C@H]1c1cccnc1)C(=O)OCC. The highest BCUT2D eigenvalue weighted by Gasteiger charge is 2.28. The van der Waals surface area contributed by atoms with Crippen molar-refractivity contribution in [3.05, 3.63) is 30.1 Å². The van der Waals surface area contributed by atoms with Gasteiger partial charge in [0.1, 0.15) is 0 Å². The van der Waals surface area contributed by atoms with Crippen LogP contribution in [-0.4, -0.2) is 48.1 Å². The molecule has 1 atom stereocenters. The Morgan fingerprint density at radius 2 is 1.96 bits per heavy atom. The van der Waals surface area contributed by atoms with Gasteiger partial charge in [0, 0.05) is 24.9 Å². The quantitative estimate of drug-likeness (QED) is 0.416. The number of rotatable bonds is 7. The lowest BCUT2D eigenvalue weighted by molar-refractivity contribution is -0.161. The lowest BCUT2D eigenvalue weighted by Gasteiger charge is -2.34. The van der Waals surface area contributed by atoms with Crippen molar-refractivity contribution >= 4 is 11.9 Å². The summed E-state index contributed by atoms with van der Waals surface area (Å²) < 4.78 is 9.94. The summed E-state index contributed by atoms with van der Waals surface area (Å²) in [6, 6.07) is 4.37. The van der Waals surface area contributed by atoms with Gasteiger partial charge in [-0.2, -0.15) is 0 Å². The number of hydrogen-bond acceptors (Lipinski definition) is 6. The van der Waals surface area contributed by atoms with Gasteiger partial charge in [0.2, 0.25) is 0 Å². The van der Waals surface area contributed by atoms with Crippen molar-refractivity contribution in [3.63, 3.8) is 0 Å². The molecule has 0 aromatic carbocycles. The fraction of sp³-hybridized carbons (Fsp3) is 0.571. The monoisotopic (exact) mass is 372 g/mol. The molecule has 1 saturated heterocycles. The summed E-state index contributed by atoms with van der Waals surface area (Å²) in [5.41, 5.74) is 1.20. The van der Waals surface area contributed by atoms with Gasteiger partial charge >= 0.3 is 11.9 Å². The predicted octanol–water partition coefficient (Wildman–Crippen LogP) is 2.74. The standard InChI is InChI=1S/C21H28N2O4/c1-3-26-20(24)18(21(25)27-4-2)11-5-7-14-23-15-8-6-12-19(23)17-10-9-13-22-16-17/h9-10,13,16,18-19H,3-4,6,8,11-12,14-15H2,1-2H3/t19-/m0/s1. The summed E-state index contributed by atoms with van der Waals surface area (Å²) in [6.07, 6.45) is 7.23. The lowest BCUT2D eigenvalue weighted by Crippen LogP contribution is -2.33. The van der Waals surface area contributed by atoms with E-state index in [0.717, 1.165) is 19.4 Å². The van der Waals surface area contributed by atoms with Crippen molar-refractivity contribution in [3.8, 4) is 11.8 Å². The Kier molecular flexibility index (Phi) is 8.79. The fourth-order valence-electron chi connectivity index (χ4n) is 3.21. The second-order valence-corrected chi connectivity index (χ2v) is 6.38. The van der Waals surface area contributed by atoms with Crippen molar-refractivity contribution in [2.45, 2.75) is 45.6 Å². The van der Waals surface area contributed by atoms with E-state index < -0.39 is 17.9 Å². The number of aromatic nitrogens is 1. The average molecular weight is 372 g/mol. The molecule has 6 nitrogen and oxygen atoms in total. The molecular formula is C21H28N2O4. The third-order valence-corrected chi connectivity index (χ3v) is 4.54. The summed E-state index contributed by atoms with van der Waals surface area (Å²) in [5, 5.41) is 0.